The van der Waals surface area contributed by atoms with Gasteiger partial charge in [0.1, 0.15) is 12.4 Å². The van der Waals surface area contributed by atoms with Crippen molar-refractivity contribution in [3.63, 3.8) is 0 Å². The van der Waals surface area contributed by atoms with E-state index in [2.05, 4.69) is 15.9 Å². The molecule has 2 aromatic carbocycles. The van der Waals surface area contributed by atoms with Gasteiger partial charge in [-0.3, -0.25) is 0 Å². The van der Waals surface area contributed by atoms with Crippen molar-refractivity contribution in [3.8, 4) is 5.75 Å². The third-order valence-corrected chi connectivity index (χ3v) is 3.41. The molecule has 0 amide bonds. The van der Waals surface area contributed by atoms with Gasteiger partial charge in [0.25, 0.3) is 0 Å². The quantitative estimate of drug-likeness (QED) is 0.427. The number of carbonyl (C=O) groups is 1. The van der Waals surface area contributed by atoms with Gasteiger partial charge in [-0.1, -0.05) is 46.3 Å². The lowest BCUT2D eigenvalue weighted by Gasteiger charge is -2.07. The first-order chi connectivity index (χ1) is 10.3. The Morgan fingerprint density at radius 2 is 1.71 bits per heavy atom. The van der Waals surface area contributed by atoms with Crippen LogP contribution >= 0.6 is 15.9 Å². The molecule has 21 heavy (non-hydrogen) atoms. The van der Waals surface area contributed by atoms with Crippen LogP contribution in [0, 0.1) is 0 Å². The van der Waals surface area contributed by atoms with E-state index in [0.29, 0.717) is 12.2 Å². The molecule has 0 N–H and O–H groups in total. The van der Waals surface area contributed by atoms with Crippen LogP contribution in [0.1, 0.15) is 22.3 Å². The van der Waals surface area contributed by atoms with Crippen molar-refractivity contribution >= 4 is 21.9 Å². The van der Waals surface area contributed by atoms with Gasteiger partial charge in [0.15, 0.2) is 0 Å². The van der Waals surface area contributed by atoms with Gasteiger partial charge in [-0.05, 0) is 36.2 Å². The molecule has 0 aliphatic heterocycles. The Bertz CT molecular complexity index is 552. The molecule has 0 spiro atoms. The fourth-order valence-electron chi connectivity index (χ4n) is 1.74. The van der Waals surface area contributed by atoms with E-state index in [1.54, 1.807) is 24.3 Å². The molecule has 3 nitrogen and oxygen atoms in total. The van der Waals surface area contributed by atoms with Gasteiger partial charge in [-0.25, -0.2) is 4.79 Å². The van der Waals surface area contributed by atoms with Crippen molar-refractivity contribution < 1.29 is 14.3 Å². The van der Waals surface area contributed by atoms with Crippen molar-refractivity contribution in [2.75, 3.05) is 11.9 Å². The first-order valence-electron chi connectivity index (χ1n) is 6.79. The second-order valence-electron chi connectivity index (χ2n) is 4.48. The van der Waals surface area contributed by atoms with Crippen molar-refractivity contribution in [1.29, 1.82) is 0 Å². The highest BCUT2D eigenvalue weighted by molar-refractivity contribution is 9.09. The molecule has 2 aromatic rings. The number of ether oxygens (including phenoxy) is 2. The number of halogens is 1. The summed E-state index contributed by atoms with van der Waals surface area (Å²) in [5, 5.41) is 0.914. The fourth-order valence-corrected chi connectivity index (χ4v) is 1.97. The zero-order valence-corrected chi connectivity index (χ0v) is 13.2. The van der Waals surface area contributed by atoms with Gasteiger partial charge in [-0.15, -0.1) is 0 Å². The number of esters is 1. The molecule has 0 radical (unpaired) electrons. The molecule has 0 saturated carbocycles. The maximum Gasteiger partial charge on any atom is 0.338 e. The Kier molecular flexibility index (Phi) is 6.28. The van der Waals surface area contributed by atoms with E-state index in [4.69, 9.17) is 9.47 Å². The van der Waals surface area contributed by atoms with Crippen LogP contribution in [0.15, 0.2) is 54.6 Å². The summed E-state index contributed by atoms with van der Waals surface area (Å²) in [4.78, 5) is 11.9. The average molecular weight is 349 g/mol. The summed E-state index contributed by atoms with van der Waals surface area (Å²) < 4.78 is 10.8. The Morgan fingerprint density at radius 1 is 1.00 bits per heavy atom. The molecular weight excluding hydrogens is 332 g/mol. The molecule has 2 rings (SSSR count). The maximum atomic E-state index is 11.9. The highest BCUT2D eigenvalue weighted by Crippen LogP contribution is 2.14. The summed E-state index contributed by atoms with van der Waals surface area (Å²) in [7, 11) is 0. The topological polar surface area (TPSA) is 35.5 Å². The lowest BCUT2D eigenvalue weighted by atomic mass is 10.2. The normalized spacial score (nSPS) is 10.1. The third kappa shape index (κ3) is 5.23. The number of rotatable bonds is 7. The summed E-state index contributed by atoms with van der Waals surface area (Å²) in [6.07, 6.45) is 0.945. The lowest BCUT2D eigenvalue weighted by Crippen LogP contribution is -2.05. The van der Waals surface area contributed by atoms with Crippen LogP contribution in [-0.2, 0) is 11.3 Å². The van der Waals surface area contributed by atoms with E-state index < -0.39 is 0 Å². The largest absolute Gasteiger partial charge is 0.494 e. The van der Waals surface area contributed by atoms with Crippen molar-refractivity contribution in [3.05, 3.63) is 65.7 Å². The number of carbonyl (C=O) groups excluding carboxylic acids is 1. The molecule has 0 fully saturated rings. The highest BCUT2D eigenvalue weighted by atomic mass is 79.9. The Labute approximate surface area is 133 Å². The van der Waals surface area contributed by atoms with Gasteiger partial charge < -0.3 is 9.47 Å². The SMILES string of the molecule is O=C(OCc1ccccc1)c1ccc(OCCCBr)cc1. The van der Waals surface area contributed by atoms with Crippen LogP contribution in [0.2, 0.25) is 0 Å². The van der Waals surface area contributed by atoms with Gasteiger partial charge in [-0.2, -0.15) is 0 Å². The summed E-state index contributed by atoms with van der Waals surface area (Å²) in [5.74, 6) is 0.432. The summed E-state index contributed by atoms with van der Waals surface area (Å²) in [5.41, 5.74) is 1.50. The average Bonchev–Trinajstić information content (AvgIpc) is 2.54. The minimum Gasteiger partial charge on any atom is -0.494 e. The zero-order valence-electron chi connectivity index (χ0n) is 11.6. The van der Waals surface area contributed by atoms with Crippen molar-refractivity contribution in [1.82, 2.24) is 0 Å². The fraction of sp³-hybridized carbons (Fsp3) is 0.235. The highest BCUT2D eigenvalue weighted by Gasteiger charge is 2.07. The summed E-state index contributed by atoms with van der Waals surface area (Å²) in [6, 6.07) is 16.6. The van der Waals surface area contributed by atoms with E-state index in [1.165, 1.54) is 0 Å². The Balaban J connectivity index is 1.85. The molecule has 0 unspecified atom stereocenters. The second-order valence-corrected chi connectivity index (χ2v) is 5.27. The number of hydrogen-bond donors (Lipinski definition) is 0. The van der Waals surface area contributed by atoms with Crippen LogP contribution in [0.5, 0.6) is 5.75 Å². The number of hydrogen-bond acceptors (Lipinski definition) is 3. The van der Waals surface area contributed by atoms with E-state index in [-0.39, 0.29) is 12.6 Å². The third-order valence-electron chi connectivity index (χ3n) is 2.85. The van der Waals surface area contributed by atoms with Crippen LogP contribution in [-0.4, -0.2) is 17.9 Å². The van der Waals surface area contributed by atoms with Gasteiger partial charge >= 0.3 is 5.97 Å². The monoisotopic (exact) mass is 348 g/mol. The van der Waals surface area contributed by atoms with E-state index in [1.807, 2.05) is 30.3 Å². The first kappa shape index (κ1) is 15.6. The molecule has 0 atom stereocenters. The molecule has 0 heterocycles. The molecule has 0 aliphatic carbocycles. The van der Waals surface area contributed by atoms with Gasteiger partial charge in [0.05, 0.1) is 12.2 Å². The minimum absolute atomic E-state index is 0.281. The molecule has 4 heteroatoms. The van der Waals surface area contributed by atoms with E-state index in [0.717, 1.165) is 23.1 Å². The number of benzene rings is 2. The molecular formula is C17H17BrO3. The van der Waals surface area contributed by atoms with Crippen LogP contribution < -0.4 is 4.74 Å². The second kappa shape index (κ2) is 8.47. The predicted octanol–water partition coefficient (Wildman–Crippen LogP) is 4.21. The Morgan fingerprint density at radius 3 is 2.38 bits per heavy atom. The summed E-state index contributed by atoms with van der Waals surface area (Å²) >= 11 is 3.35. The standard InChI is InChI=1S/C17H17BrO3/c18-11-4-12-20-16-9-7-15(8-10-16)17(19)21-13-14-5-2-1-3-6-14/h1-3,5-10H,4,11-13H2. The Hall–Kier alpha value is -1.81. The molecule has 0 aliphatic rings. The number of alkyl halides is 1. The van der Waals surface area contributed by atoms with E-state index >= 15 is 0 Å². The lowest BCUT2D eigenvalue weighted by molar-refractivity contribution is 0.0472. The first-order valence-corrected chi connectivity index (χ1v) is 7.91. The van der Waals surface area contributed by atoms with Crippen LogP contribution in [0.4, 0.5) is 0 Å². The van der Waals surface area contributed by atoms with Crippen LogP contribution in [0.25, 0.3) is 0 Å². The smallest absolute Gasteiger partial charge is 0.338 e. The van der Waals surface area contributed by atoms with Gasteiger partial charge in [0.2, 0.25) is 0 Å². The van der Waals surface area contributed by atoms with Crippen molar-refractivity contribution in [2.24, 2.45) is 0 Å². The van der Waals surface area contributed by atoms with Crippen LogP contribution in [0.3, 0.4) is 0 Å². The molecule has 0 aromatic heterocycles. The zero-order chi connectivity index (χ0) is 14.9. The molecule has 0 bridgehead atoms. The minimum atomic E-state index is -0.328. The predicted molar refractivity (Wildman–Crippen MR) is 85.9 cm³/mol. The molecule has 110 valence electrons. The van der Waals surface area contributed by atoms with Gasteiger partial charge in [0, 0.05) is 5.33 Å². The van der Waals surface area contributed by atoms with E-state index in [9.17, 15) is 4.79 Å². The summed E-state index contributed by atoms with van der Waals surface area (Å²) in [6.45, 7) is 0.937. The molecule has 0 saturated heterocycles. The maximum absolute atomic E-state index is 11.9. The van der Waals surface area contributed by atoms with Crippen molar-refractivity contribution in [2.45, 2.75) is 13.0 Å².